The van der Waals surface area contributed by atoms with Gasteiger partial charge in [0.05, 0.1) is 16.2 Å². The summed E-state index contributed by atoms with van der Waals surface area (Å²) in [5.74, 6) is -0.0981. The topological polar surface area (TPSA) is 64.0 Å². The third-order valence-electron chi connectivity index (χ3n) is 4.97. The van der Waals surface area contributed by atoms with Gasteiger partial charge in [0.15, 0.2) is 5.16 Å². The van der Waals surface area contributed by atoms with E-state index in [4.69, 9.17) is 4.98 Å². The maximum atomic E-state index is 12.9. The SMILES string of the molecule is CCc1ccc(NC(=O)C(C)Sc2nc3ccccc3c(=O)n2C2CC2)cc1. The molecule has 1 aliphatic carbocycles. The summed E-state index contributed by atoms with van der Waals surface area (Å²) in [6.07, 6.45) is 2.93. The number of anilines is 1. The predicted octanol–water partition coefficient (Wildman–Crippen LogP) is 4.41. The van der Waals surface area contributed by atoms with E-state index in [1.165, 1.54) is 17.3 Å². The Morgan fingerprint density at radius 1 is 1.21 bits per heavy atom. The second-order valence-corrected chi connectivity index (χ2v) is 8.43. The van der Waals surface area contributed by atoms with E-state index in [0.717, 1.165) is 24.9 Å². The molecule has 0 aliphatic heterocycles. The Hall–Kier alpha value is -2.60. The Morgan fingerprint density at radius 3 is 2.61 bits per heavy atom. The van der Waals surface area contributed by atoms with Crippen LogP contribution in [0, 0.1) is 0 Å². The fourth-order valence-electron chi connectivity index (χ4n) is 3.14. The zero-order valence-electron chi connectivity index (χ0n) is 16.0. The average molecular weight is 394 g/mol. The molecule has 4 rings (SSSR count). The van der Waals surface area contributed by atoms with E-state index in [9.17, 15) is 9.59 Å². The number of aromatic nitrogens is 2. The van der Waals surface area contributed by atoms with Crippen LogP contribution < -0.4 is 10.9 Å². The molecular weight excluding hydrogens is 370 g/mol. The van der Waals surface area contributed by atoms with Crippen molar-refractivity contribution in [1.82, 2.24) is 9.55 Å². The normalized spacial score (nSPS) is 14.8. The minimum absolute atomic E-state index is 0.0154. The second kappa shape index (κ2) is 7.80. The first-order valence-electron chi connectivity index (χ1n) is 9.64. The number of nitrogens with zero attached hydrogens (tertiary/aromatic N) is 2. The number of hydrogen-bond acceptors (Lipinski definition) is 4. The van der Waals surface area contributed by atoms with Gasteiger partial charge >= 0.3 is 0 Å². The lowest BCUT2D eigenvalue weighted by molar-refractivity contribution is -0.115. The van der Waals surface area contributed by atoms with Crippen LogP contribution in [0.4, 0.5) is 5.69 Å². The molecule has 0 spiro atoms. The Morgan fingerprint density at radius 2 is 1.93 bits per heavy atom. The van der Waals surface area contributed by atoms with E-state index in [2.05, 4.69) is 12.2 Å². The standard InChI is InChI=1S/C22H23N3O2S/c1-3-15-8-10-16(11-9-15)23-20(26)14(2)28-22-24-19-7-5-4-6-18(19)21(27)25(22)17-12-13-17/h4-11,14,17H,3,12-13H2,1-2H3,(H,23,26). The number of thioether (sulfide) groups is 1. The van der Waals surface area contributed by atoms with Crippen LogP contribution in [0.3, 0.4) is 0 Å². The molecule has 1 unspecified atom stereocenters. The first-order chi connectivity index (χ1) is 13.6. The quantitative estimate of drug-likeness (QED) is 0.498. The number of benzene rings is 2. The molecule has 0 saturated heterocycles. The number of aryl methyl sites for hydroxylation is 1. The average Bonchev–Trinajstić information content (AvgIpc) is 3.53. The molecule has 144 valence electrons. The highest BCUT2D eigenvalue weighted by molar-refractivity contribution is 8.00. The first kappa shape index (κ1) is 18.7. The molecule has 1 N–H and O–H groups in total. The van der Waals surface area contributed by atoms with E-state index in [-0.39, 0.29) is 22.8 Å². The molecule has 1 fully saturated rings. The van der Waals surface area contributed by atoms with E-state index in [0.29, 0.717) is 16.1 Å². The van der Waals surface area contributed by atoms with Gasteiger partial charge in [-0.3, -0.25) is 14.2 Å². The van der Waals surface area contributed by atoms with Crippen molar-refractivity contribution in [2.45, 2.75) is 49.6 Å². The third-order valence-corrected chi connectivity index (χ3v) is 6.04. The minimum atomic E-state index is -0.371. The lowest BCUT2D eigenvalue weighted by atomic mass is 10.1. The molecular formula is C22H23N3O2S. The number of nitrogens with one attached hydrogen (secondary N) is 1. The van der Waals surface area contributed by atoms with Crippen LogP contribution in [-0.2, 0) is 11.2 Å². The zero-order valence-corrected chi connectivity index (χ0v) is 16.8. The summed E-state index contributed by atoms with van der Waals surface area (Å²) in [5, 5.41) is 3.83. The summed E-state index contributed by atoms with van der Waals surface area (Å²) in [5.41, 5.74) is 2.67. The van der Waals surface area contributed by atoms with Gasteiger partial charge in [-0.1, -0.05) is 43.0 Å². The number of carbonyl (C=O) groups excluding carboxylic acids is 1. The maximum Gasteiger partial charge on any atom is 0.262 e. The summed E-state index contributed by atoms with van der Waals surface area (Å²) < 4.78 is 1.77. The first-order valence-corrected chi connectivity index (χ1v) is 10.5. The highest BCUT2D eigenvalue weighted by atomic mass is 32.2. The monoisotopic (exact) mass is 393 g/mol. The molecule has 2 aromatic carbocycles. The van der Waals surface area contributed by atoms with Gasteiger partial charge in [0.1, 0.15) is 0 Å². The summed E-state index contributed by atoms with van der Waals surface area (Å²) >= 11 is 1.34. The number of amides is 1. The van der Waals surface area contributed by atoms with Crippen molar-refractivity contribution in [2.24, 2.45) is 0 Å². The number of carbonyl (C=O) groups is 1. The highest BCUT2D eigenvalue weighted by Crippen LogP contribution is 2.37. The third kappa shape index (κ3) is 3.83. The predicted molar refractivity (Wildman–Crippen MR) is 114 cm³/mol. The van der Waals surface area contributed by atoms with Crippen LogP contribution in [0.25, 0.3) is 10.9 Å². The smallest absolute Gasteiger partial charge is 0.262 e. The molecule has 3 aromatic rings. The molecule has 0 radical (unpaired) electrons. The summed E-state index contributed by atoms with van der Waals surface area (Å²) in [6, 6.07) is 15.5. The van der Waals surface area contributed by atoms with E-state index in [1.807, 2.05) is 55.5 Å². The Balaban J connectivity index is 1.57. The van der Waals surface area contributed by atoms with Crippen molar-refractivity contribution in [1.29, 1.82) is 0 Å². The molecule has 1 heterocycles. The zero-order chi connectivity index (χ0) is 19.7. The maximum absolute atomic E-state index is 12.9. The summed E-state index contributed by atoms with van der Waals surface area (Å²) in [6.45, 7) is 3.95. The molecule has 0 bridgehead atoms. The number of rotatable bonds is 6. The largest absolute Gasteiger partial charge is 0.325 e. The number of fused-ring (bicyclic) bond motifs is 1. The van der Waals surface area contributed by atoms with Crippen molar-refractivity contribution in [3.8, 4) is 0 Å². The second-order valence-electron chi connectivity index (χ2n) is 7.12. The minimum Gasteiger partial charge on any atom is -0.325 e. The molecule has 1 aliphatic rings. The van der Waals surface area contributed by atoms with Crippen molar-refractivity contribution in [2.75, 3.05) is 5.32 Å². The fraction of sp³-hybridized carbons (Fsp3) is 0.318. The van der Waals surface area contributed by atoms with Gasteiger partial charge in [-0.15, -0.1) is 0 Å². The molecule has 1 saturated carbocycles. The Labute approximate surface area is 168 Å². The van der Waals surface area contributed by atoms with Crippen molar-refractivity contribution >= 4 is 34.3 Å². The van der Waals surface area contributed by atoms with E-state index < -0.39 is 0 Å². The molecule has 1 aromatic heterocycles. The van der Waals surface area contributed by atoms with Gasteiger partial charge in [-0.25, -0.2) is 4.98 Å². The van der Waals surface area contributed by atoms with Crippen LogP contribution in [0.5, 0.6) is 0 Å². The lowest BCUT2D eigenvalue weighted by Gasteiger charge is -2.16. The molecule has 1 atom stereocenters. The van der Waals surface area contributed by atoms with Crippen molar-refractivity contribution in [3.05, 3.63) is 64.4 Å². The molecule has 28 heavy (non-hydrogen) atoms. The molecule has 6 heteroatoms. The number of hydrogen-bond donors (Lipinski definition) is 1. The summed E-state index contributed by atoms with van der Waals surface area (Å²) in [7, 11) is 0. The number of para-hydroxylation sites is 1. The molecule has 1 amide bonds. The Bertz CT molecular complexity index is 1070. The van der Waals surface area contributed by atoms with E-state index in [1.54, 1.807) is 4.57 Å². The van der Waals surface area contributed by atoms with Crippen LogP contribution in [0.2, 0.25) is 0 Å². The summed E-state index contributed by atoms with van der Waals surface area (Å²) in [4.78, 5) is 30.3. The van der Waals surface area contributed by atoms with Crippen LogP contribution in [0.1, 0.15) is 38.3 Å². The lowest BCUT2D eigenvalue weighted by Crippen LogP contribution is -2.26. The fourth-order valence-corrected chi connectivity index (χ4v) is 4.12. The van der Waals surface area contributed by atoms with Gasteiger partial charge in [-0.2, -0.15) is 0 Å². The molecule has 5 nitrogen and oxygen atoms in total. The van der Waals surface area contributed by atoms with Gasteiger partial charge < -0.3 is 5.32 Å². The highest BCUT2D eigenvalue weighted by Gasteiger charge is 2.30. The van der Waals surface area contributed by atoms with Gasteiger partial charge in [-0.05, 0) is 56.0 Å². The van der Waals surface area contributed by atoms with Crippen LogP contribution >= 0.6 is 11.8 Å². The van der Waals surface area contributed by atoms with Crippen LogP contribution in [0.15, 0.2) is 58.5 Å². The van der Waals surface area contributed by atoms with Crippen molar-refractivity contribution in [3.63, 3.8) is 0 Å². The Kier molecular flexibility index (Phi) is 5.22. The van der Waals surface area contributed by atoms with Gasteiger partial charge in [0.25, 0.3) is 5.56 Å². The van der Waals surface area contributed by atoms with Gasteiger partial charge in [0, 0.05) is 11.7 Å². The van der Waals surface area contributed by atoms with Gasteiger partial charge in [0.2, 0.25) is 5.91 Å². The van der Waals surface area contributed by atoms with Crippen LogP contribution in [-0.4, -0.2) is 20.7 Å². The van der Waals surface area contributed by atoms with E-state index >= 15 is 0 Å². The van der Waals surface area contributed by atoms with Crippen molar-refractivity contribution < 1.29 is 4.79 Å².